The number of Topliss-reactive ketones (excluding diaryl/α,β-unsaturated/α-hetero) is 1. The summed E-state index contributed by atoms with van der Waals surface area (Å²) in [6.45, 7) is 1.25. The molecule has 0 rings (SSSR count). The van der Waals surface area contributed by atoms with Crippen LogP contribution in [0.3, 0.4) is 0 Å². The second-order valence-corrected chi connectivity index (χ2v) is 3.79. The Morgan fingerprint density at radius 3 is 1.92 bits per heavy atom. The summed E-state index contributed by atoms with van der Waals surface area (Å²) in [4.78, 5) is 18.8. The molecule has 0 radical (unpaired) electrons. The lowest BCUT2D eigenvalue weighted by molar-refractivity contribution is -0.241. The molecule has 0 aliphatic carbocycles. The minimum Gasteiger partial charge on any atom is -0.299 e. The van der Waals surface area contributed by atoms with Crippen molar-refractivity contribution in [2.45, 2.75) is 6.92 Å². The second kappa shape index (κ2) is 5.40. The Labute approximate surface area is 70.1 Å². The highest BCUT2D eigenvalue weighted by Crippen LogP contribution is 2.47. The maximum absolute atomic E-state index is 11.3. The summed E-state index contributed by atoms with van der Waals surface area (Å²) in [7, 11) is -1.25. The fourth-order valence-corrected chi connectivity index (χ4v) is 1.69. The third kappa shape index (κ3) is 4.58. The van der Waals surface area contributed by atoms with E-state index in [0.717, 1.165) is 14.2 Å². The van der Waals surface area contributed by atoms with Crippen LogP contribution < -0.4 is 0 Å². The first kappa shape index (κ1) is 11.7. The molecule has 0 saturated carbocycles. The molecule has 0 saturated heterocycles. The zero-order valence-electron chi connectivity index (χ0n) is 7.10. The third-order valence-corrected chi connectivity index (χ3v) is 2.38. The number of hydrogen-bond acceptors (Lipinski definition) is 6. The smallest absolute Gasteiger partial charge is 0.299 e. The van der Waals surface area contributed by atoms with E-state index >= 15 is 0 Å². The highest BCUT2D eigenvalue weighted by Gasteiger charge is 2.29. The van der Waals surface area contributed by atoms with Crippen LogP contribution in [0.25, 0.3) is 0 Å². The lowest BCUT2D eigenvalue weighted by Crippen LogP contribution is -2.05. The molecular weight excluding hydrogens is 187 g/mol. The topological polar surface area (TPSA) is 71.1 Å². The minimum atomic E-state index is -3.57. The number of ketones is 1. The van der Waals surface area contributed by atoms with E-state index in [1.165, 1.54) is 6.92 Å². The molecule has 0 atom stereocenters. The summed E-state index contributed by atoms with van der Waals surface area (Å²) in [5.74, 6) is -0.340. The van der Waals surface area contributed by atoms with Crippen molar-refractivity contribution in [2.24, 2.45) is 0 Å². The number of carbonyl (C=O) groups excluding carboxylic acids is 1. The van der Waals surface area contributed by atoms with Gasteiger partial charge in [-0.3, -0.25) is 9.36 Å². The van der Waals surface area contributed by atoms with Gasteiger partial charge in [-0.25, -0.2) is 9.78 Å². The molecule has 0 unspecified atom stereocenters. The van der Waals surface area contributed by atoms with Crippen molar-refractivity contribution in [3.8, 4) is 0 Å². The molecule has 0 aromatic heterocycles. The number of carbonyl (C=O) groups is 1. The van der Waals surface area contributed by atoms with E-state index in [4.69, 9.17) is 0 Å². The standard InChI is InChI=1S/C5H11O6P/c1-5(6)4-12(7,10-8-2)11-9-3/h4H2,1-3H3. The zero-order chi connectivity index (χ0) is 9.61. The van der Waals surface area contributed by atoms with E-state index in [1.807, 2.05) is 0 Å². The van der Waals surface area contributed by atoms with Gasteiger partial charge in [-0.15, -0.1) is 9.35 Å². The Balaban J connectivity index is 4.18. The van der Waals surface area contributed by atoms with Gasteiger partial charge in [0.25, 0.3) is 0 Å². The summed E-state index contributed by atoms with van der Waals surface area (Å²) >= 11 is 0. The van der Waals surface area contributed by atoms with Crippen molar-refractivity contribution in [2.75, 3.05) is 20.4 Å². The first-order valence-electron chi connectivity index (χ1n) is 3.07. The maximum atomic E-state index is 11.3. The molecule has 6 nitrogen and oxygen atoms in total. The van der Waals surface area contributed by atoms with Crippen molar-refractivity contribution < 1.29 is 28.5 Å². The summed E-state index contributed by atoms with van der Waals surface area (Å²) in [5, 5.41) is 0. The molecule has 72 valence electrons. The molecule has 0 N–H and O–H groups in total. The lowest BCUT2D eigenvalue weighted by atomic mass is 10.5. The van der Waals surface area contributed by atoms with Crippen LogP contribution in [0.2, 0.25) is 0 Å². The molecule has 0 aliphatic rings. The fraction of sp³-hybridized carbons (Fsp3) is 0.800. The summed E-state index contributed by atoms with van der Waals surface area (Å²) in [6.07, 6.45) is -0.380. The van der Waals surface area contributed by atoms with Crippen LogP contribution in [0.5, 0.6) is 0 Å². The highest BCUT2D eigenvalue weighted by molar-refractivity contribution is 7.54. The van der Waals surface area contributed by atoms with Gasteiger partial charge in [-0.2, -0.15) is 0 Å². The van der Waals surface area contributed by atoms with Crippen molar-refractivity contribution in [3.63, 3.8) is 0 Å². The van der Waals surface area contributed by atoms with Crippen LogP contribution in [0.15, 0.2) is 0 Å². The molecule has 0 aromatic carbocycles. The Morgan fingerprint density at radius 2 is 1.67 bits per heavy atom. The summed E-state index contributed by atoms with van der Waals surface area (Å²) in [6, 6.07) is 0. The summed E-state index contributed by atoms with van der Waals surface area (Å²) in [5.41, 5.74) is 0. The van der Waals surface area contributed by atoms with E-state index < -0.39 is 7.60 Å². The van der Waals surface area contributed by atoms with Gasteiger partial charge in [0.2, 0.25) is 0 Å². The predicted molar refractivity (Wildman–Crippen MR) is 39.3 cm³/mol. The number of hydrogen-bond donors (Lipinski definition) is 0. The molecule has 0 amide bonds. The molecule has 0 aliphatic heterocycles. The summed E-state index contributed by atoms with van der Waals surface area (Å²) < 4.78 is 19.8. The molecule has 7 heteroatoms. The fourth-order valence-electron chi connectivity index (χ4n) is 0.565. The molecule has 0 fully saturated rings. The van der Waals surface area contributed by atoms with E-state index in [9.17, 15) is 9.36 Å². The van der Waals surface area contributed by atoms with Crippen molar-refractivity contribution in [1.82, 2.24) is 0 Å². The normalized spacial score (nSPS) is 11.6. The van der Waals surface area contributed by atoms with Crippen LogP contribution in [-0.2, 0) is 28.5 Å². The van der Waals surface area contributed by atoms with Gasteiger partial charge in [0.05, 0.1) is 14.2 Å². The van der Waals surface area contributed by atoms with Gasteiger partial charge >= 0.3 is 7.60 Å². The Kier molecular flexibility index (Phi) is 5.28. The lowest BCUT2D eigenvalue weighted by Gasteiger charge is -2.11. The number of rotatable bonds is 6. The molecule has 0 spiro atoms. The van der Waals surface area contributed by atoms with Crippen LogP contribution in [0.1, 0.15) is 6.92 Å². The van der Waals surface area contributed by atoms with E-state index in [0.29, 0.717) is 0 Å². The van der Waals surface area contributed by atoms with Crippen LogP contribution in [0, 0.1) is 0 Å². The zero-order valence-corrected chi connectivity index (χ0v) is 8.00. The van der Waals surface area contributed by atoms with Gasteiger partial charge in [0, 0.05) is 0 Å². The molecule has 0 bridgehead atoms. The maximum Gasteiger partial charge on any atom is 0.391 e. The van der Waals surface area contributed by atoms with Crippen molar-refractivity contribution in [1.29, 1.82) is 0 Å². The Bertz CT molecular complexity index is 180. The minimum absolute atomic E-state index is 0.340. The van der Waals surface area contributed by atoms with Gasteiger partial charge < -0.3 is 0 Å². The second-order valence-electron chi connectivity index (χ2n) is 1.95. The highest BCUT2D eigenvalue weighted by atomic mass is 31.2. The molecule has 12 heavy (non-hydrogen) atoms. The van der Waals surface area contributed by atoms with Gasteiger partial charge in [0.1, 0.15) is 11.9 Å². The van der Waals surface area contributed by atoms with Gasteiger partial charge in [0.15, 0.2) is 0 Å². The van der Waals surface area contributed by atoms with Gasteiger partial charge in [-0.1, -0.05) is 0 Å². The van der Waals surface area contributed by atoms with E-state index in [2.05, 4.69) is 19.1 Å². The SMILES string of the molecule is COOP(=O)(CC(C)=O)OOC. The van der Waals surface area contributed by atoms with Crippen LogP contribution >= 0.6 is 7.60 Å². The largest absolute Gasteiger partial charge is 0.391 e. The molecule has 0 heterocycles. The molecule has 0 aromatic rings. The monoisotopic (exact) mass is 198 g/mol. The van der Waals surface area contributed by atoms with E-state index in [-0.39, 0.29) is 11.9 Å². The first-order chi connectivity index (χ1) is 5.54. The first-order valence-corrected chi connectivity index (χ1v) is 4.80. The average molecular weight is 198 g/mol. The van der Waals surface area contributed by atoms with Crippen molar-refractivity contribution in [3.05, 3.63) is 0 Å². The van der Waals surface area contributed by atoms with Crippen LogP contribution in [0.4, 0.5) is 0 Å². The molecular formula is C5H11O6P. The van der Waals surface area contributed by atoms with E-state index in [1.54, 1.807) is 0 Å². The Morgan fingerprint density at radius 1 is 1.25 bits per heavy atom. The Hall–Kier alpha value is -0.260. The predicted octanol–water partition coefficient (Wildman–Crippen LogP) is 0.924. The van der Waals surface area contributed by atoms with Gasteiger partial charge in [-0.05, 0) is 6.92 Å². The van der Waals surface area contributed by atoms with Crippen molar-refractivity contribution >= 4 is 13.4 Å². The third-order valence-electron chi connectivity index (χ3n) is 0.793. The van der Waals surface area contributed by atoms with Crippen LogP contribution in [-0.4, -0.2) is 26.2 Å². The average Bonchev–Trinajstić information content (AvgIpc) is 1.85. The quantitative estimate of drug-likeness (QED) is 0.359.